The van der Waals surface area contributed by atoms with Crippen molar-refractivity contribution in [3.8, 4) is 0 Å². The molecule has 0 fully saturated rings. The van der Waals surface area contributed by atoms with Gasteiger partial charge in [0.2, 0.25) is 5.78 Å². The largest absolute Gasteiger partial charge is 0.368 e. The SMILES string of the molecule is O=C(c1ccc(F)c2ccccc12)C(F)(F)C(F)F. The molecule has 1 nitrogen and oxygen atoms in total. The first kappa shape index (κ1) is 13.5. The van der Waals surface area contributed by atoms with Crippen LogP contribution in [-0.4, -0.2) is 18.1 Å². The normalized spacial score (nSPS) is 12.1. The van der Waals surface area contributed by atoms with Crippen molar-refractivity contribution in [1.82, 2.24) is 0 Å². The van der Waals surface area contributed by atoms with Gasteiger partial charge in [-0.15, -0.1) is 0 Å². The molecule has 0 bridgehead atoms. The number of benzene rings is 2. The van der Waals surface area contributed by atoms with E-state index in [0.717, 1.165) is 12.1 Å². The highest BCUT2D eigenvalue weighted by atomic mass is 19.3. The number of carbonyl (C=O) groups excluding carboxylic acids is 1. The molecule has 0 aliphatic carbocycles. The van der Waals surface area contributed by atoms with Crippen molar-refractivity contribution in [2.45, 2.75) is 12.3 Å². The second kappa shape index (κ2) is 4.60. The van der Waals surface area contributed by atoms with E-state index < -0.39 is 29.5 Å². The van der Waals surface area contributed by atoms with E-state index in [1.807, 2.05) is 0 Å². The second-order valence-electron chi connectivity index (χ2n) is 3.89. The van der Waals surface area contributed by atoms with Crippen molar-refractivity contribution in [3.63, 3.8) is 0 Å². The summed E-state index contributed by atoms with van der Waals surface area (Å²) in [6, 6.07) is 6.95. The van der Waals surface area contributed by atoms with Crippen LogP contribution in [0.2, 0.25) is 0 Å². The molecule has 0 heterocycles. The first-order valence-electron chi connectivity index (χ1n) is 5.23. The summed E-state index contributed by atoms with van der Waals surface area (Å²) in [7, 11) is 0. The van der Waals surface area contributed by atoms with Gasteiger partial charge in [-0.25, -0.2) is 13.2 Å². The van der Waals surface area contributed by atoms with Crippen LogP contribution in [0.4, 0.5) is 22.0 Å². The van der Waals surface area contributed by atoms with Gasteiger partial charge in [-0.1, -0.05) is 24.3 Å². The molecule has 0 amide bonds. The maximum absolute atomic E-state index is 13.4. The van der Waals surface area contributed by atoms with E-state index in [9.17, 15) is 26.7 Å². The van der Waals surface area contributed by atoms with Crippen molar-refractivity contribution in [1.29, 1.82) is 0 Å². The fourth-order valence-electron chi connectivity index (χ4n) is 1.74. The summed E-state index contributed by atoms with van der Waals surface area (Å²) in [6.45, 7) is 0. The lowest BCUT2D eigenvalue weighted by atomic mass is 9.98. The minimum atomic E-state index is -4.79. The highest BCUT2D eigenvalue weighted by molar-refractivity contribution is 6.11. The fourth-order valence-corrected chi connectivity index (χ4v) is 1.74. The number of hydrogen-bond donors (Lipinski definition) is 0. The minimum absolute atomic E-state index is 0.0709. The fraction of sp³-hybridized carbons (Fsp3) is 0.154. The summed E-state index contributed by atoms with van der Waals surface area (Å²) in [6.07, 6.45) is -4.11. The predicted molar refractivity (Wildman–Crippen MR) is 59.2 cm³/mol. The summed E-state index contributed by atoms with van der Waals surface area (Å²) >= 11 is 0. The van der Waals surface area contributed by atoms with Gasteiger partial charge in [-0.05, 0) is 17.5 Å². The second-order valence-corrected chi connectivity index (χ2v) is 3.89. The number of fused-ring (bicyclic) bond motifs is 1. The summed E-state index contributed by atoms with van der Waals surface area (Å²) in [5, 5.41) is -0.189. The van der Waals surface area contributed by atoms with Crippen LogP contribution < -0.4 is 0 Å². The minimum Gasteiger partial charge on any atom is -0.287 e. The standard InChI is InChI=1S/C13H7F5O/c14-10-6-5-9(7-3-1-2-4-8(7)10)11(19)13(17,18)12(15)16/h1-6,12H. The zero-order chi connectivity index (χ0) is 14.2. The summed E-state index contributed by atoms with van der Waals surface area (Å²) in [5.74, 6) is -7.52. The molecule has 0 aromatic heterocycles. The third-order valence-corrected chi connectivity index (χ3v) is 2.69. The molecular formula is C13H7F5O. The van der Waals surface area contributed by atoms with Gasteiger partial charge in [0.1, 0.15) is 5.82 Å². The molecule has 0 N–H and O–H groups in total. The highest BCUT2D eigenvalue weighted by Crippen LogP contribution is 2.31. The lowest BCUT2D eigenvalue weighted by Crippen LogP contribution is -2.36. The topological polar surface area (TPSA) is 17.1 Å². The van der Waals surface area contributed by atoms with E-state index in [1.54, 1.807) is 0 Å². The molecule has 2 aromatic rings. The number of halogens is 5. The molecule has 100 valence electrons. The van der Waals surface area contributed by atoms with Crippen LogP contribution in [0.3, 0.4) is 0 Å². The summed E-state index contributed by atoms with van der Waals surface area (Å²) < 4.78 is 63.9. The molecule has 0 radical (unpaired) electrons. The molecule has 0 aliphatic rings. The van der Waals surface area contributed by atoms with Gasteiger partial charge < -0.3 is 0 Å². The molecule has 2 aromatic carbocycles. The Morgan fingerprint density at radius 2 is 1.58 bits per heavy atom. The number of rotatable bonds is 3. The van der Waals surface area contributed by atoms with Gasteiger partial charge in [0.05, 0.1) is 0 Å². The zero-order valence-corrected chi connectivity index (χ0v) is 9.34. The number of hydrogen-bond acceptors (Lipinski definition) is 1. The molecule has 2 rings (SSSR count). The molecule has 0 spiro atoms. The molecular weight excluding hydrogens is 267 g/mol. The number of carbonyl (C=O) groups is 1. The Morgan fingerprint density at radius 1 is 1.00 bits per heavy atom. The third-order valence-electron chi connectivity index (χ3n) is 2.69. The Labute approximate surface area is 104 Å². The number of alkyl halides is 4. The highest BCUT2D eigenvalue weighted by Gasteiger charge is 2.49. The van der Waals surface area contributed by atoms with E-state index in [4.69, 9.17) is 0 Å². The van der Waals surface area contributed by atoms with Gasteiger partial charge in [0, 0.05) is 10.9 Å². The maximum atomic E-state index is 13.4. The maximum Gasteiger partial charge on any atom is 0.368 e. The summed E-state index contributed by atoms with van der Waals surface area (Å²) in [5.41, 5.74) is -0.623. The van der Waals surface area contributed by atoms with Crippen molar-refractivity contribution >= 4 is 16.6 Å². The van der Waals surface area contributed by atoms with Crippen LogP contribution in [0.25, 0.3) is 10.8 Å². The van der Waals surface area contributed by atoms with Crippen LogP contribution in [0.5, 0.6) is 0 Å². The van der Waals surface area contributed by atoms with Gasteiger partial charge in [0.25, 0.3) is 0 Å². The Kier molecular flexibility index (Phi) is 3.26. The first-order chi connectivity index (χ1) is 8.85. The average molecular weight is 274 g/mol. The first-order valence-corrected chi connectivity index (χ1v) is 5.23. The van der Waals surface area contributed by atoms with E-state index in [-0.39, 0.29) is 10.8 Å². The van der Waals surface area contributed by atoms with Crippen LogP contribution >= 0.6 is 0 Å². The van der Waals surface area contributed by atoms with Crippen molar-refractivity contribution < 1.29 is 26.7 Å². The quantitative estimate of drug-likeness (QED) is 0.609. The lowest BCUT2D eigenvalue weighted by Gasteiger charge is -2.15. The molecule has 0 atom stereocenters. The zero-order valence-electron chi connectivity index (χ0n) is 9.34. The number of ketones is 1. The predicted octanol–water partition coefficient (Wildman–Crippen LogP) is 4.06. The smallest absolute Gasteiger partial charge is 0.287 e. The van der Waals surface area contributed by atoms with Crippen LogP contribution in [0, 0.1) is 5.82 Å². The molecule has 0 unspecified atom stereocenters. The Balaban J connectivity index is 2.65. The third kappa shape index (κ3) is 2.18. The van der Waals surface area contributed by atoms with Crippen LogP contribution in [-0.2, 0) is 0 Å². The van der Waals surface area contributed by atoms with Crippen LogP contribution in [0.1, 0.15) is 10.4 Å². The molecule has 0 saturated heterocycles. The van der Waals surface area contributed by atoms with Gasteiger partial charge in [-0.2, -0.15) is 8.78 Å². The molecule has 0 aliphatic heterocycles. The van der Waals surface area contributed by atoms with Gasteiger partial charge in [0.15, 0.2) is 0 Å². The van der Waals surface area contributed by atoms with E-state index in [1.165, 1.54) is 24.3 Å². The van der Waals surface area contributed by atoms with Crippen molar-refractivity contribution in [2.24, 2.45) is 0 Å². The van der Waals surface area contributed by atoms with Crippen molar-refractivity contribution in [2.75, 3.05) is 0 Å². The monoisotopic (exact) mass is 274 g/mol. The van der Waals surface area contributed by atoms with E-state index in [2.05, 4.69) is 0 Å². The van der Waals surface area contributed by atoms with Gasteiger partial charge in [-0.3, -0.25) is 4.79 Å². The van der Waals surface area contributed by atoms with Crippen LogP contribution in [0.15, 0.2) is 36.4 Å². The Hall–Kier alpha value is -1.98. The Bertz CT molecular complexity index is 636. The Morgan fingerprint density at radius 3 is 2.16 bits per heavy atom. The van der Waals surface area contributed by atoms with E-state index in [0.29, 0.717) is 0 Å². The van der Waals surface area contributed by atoms with E-state index >= 15 is 0 Å². The molecule has 6 heteroatoms. The van der Waals surface area contributed by atoms with Gasteiger partial charge >= 0.3 is 12.3 Å². The summed E-state index contributed by atoms with van der Waals surface area (Å²) in [4.78, 5) is 11.5. The lowest BCUT2D eigenvalue weighted by molar-refractivity contribution is -0.0957. The van der Waals surface area contributed by atoms with Crippen molar-refractivity contribution in [3.05, 3.63) is 47.8 Å². The average Bonchev–Trinajstić information content (AvgIpc) is 2.38. The molecule has 19 heavy (non-hydrogen) atoms. The number of Topliss-reactive ketones (excluding diaryl/α,β-unsaturated/α-hetero) is 1. The molecule has 0 saturated carbocycles.